The summed E-state index contributed by atoms with van der Waals surface area (Å²) in [6, 6.07) is 0. The summed E-state index contributed by atoms with van der Waals surface area (Å²) < 4.78 is 0. The van der Waals surface area contributed by atoms with Crippen molar-refractivity contribution in [1.29, 1.82) is 0 Å². The first kappa shape index (κ1) is 24.4. The second-order valence-corrected chi connectivity index (χ2v) is 8.99. The molecule has 6 N–H and O–H groups in total. The zero-order chi connectivity index (χ0) is 21.4. The Morgan fingerprint density at radius 2 is 1.64 bits per heavy atom. The summed E-state index contributed by atoms with van der Waals surface area (Å²) in [6.45, 7) is 8.84. The Bertz CT molecular complexity index is 512. The second-order valence-electron chi connectivity index (χ2n) is 8.99. The van der Waals surface area contributed by atoms with Gasteiger partial charge in [0.05, 0.1) is 23.3 Å². The fourth-order valence-corrected chi connectivity index (χ4v) is 3.08. The molecular formula is C18H40N8O2. The van der Waals surface area contributed by atoms with E-state index in [1.165, 1.54) is 11.3 Å². The molecule has 1 aliphatic heterocycles. The van der Waals surface area contributed by atoms with E-state index >= 15 is 0 Å². The molecule has 0 bridgehead atoms. The van der Waals surface area contributed by atoms with Crippen LogP contribution >= 0.6 is 0 Å². The predicted octanol–water partition coefficient (Wildman–Crippen LogP) is 1.56. The van der Waals surface area contributed by atoms with Crippen LogP contribution in [0.15, 0.2) is 15.5 Å². The van der Waals surface area contributed by atoms with E-state index in [0.717, 1.165) is 12.8 Å². The molecule has 0 aromatic carbocycles. The molecule has 0 saturated carbocycles. The van der Waals surface area contributed by atoms with Crippen molar-refractivity contribution in [2.45, 2.75) is 95.9 Å². The summed E-state index contributed by atoms with van der Waals surface area (Å²) in [7, 11) is 1.89. The molecule has 0 aromatic heterocycles. The van der Waals surface area contributed by atoms with Gasteiger partial charge >= 0.3 is 0 Å². The van der Waals surface area contributed by atoms with E-state index in [1.807, 2.05) is 25.9 Å². The van der Waals surface area contributed by atoms with Crippen LogP contribution in [0.1, 0.15) is 72.6 Å². The molecule has 28 heavy (non-hydrogen) atoms. The molecule has 2 atom stereocenters. The van der Waals surface area contributed by atoms with Crippen LogP contribution in [0.3, 0.4) is 0 Å². The maximum Gasteiger partial charge on any atom is 0.127 e. The lowest BCUT2D eigenvalue weighted by Crippen LogP contribution is -2.48. The summed E-state index contributed by atoms with van der Waals surface area (Å²) in [5, 5.41) is 37.3. The van der Waals surface area contributed by atoms with Crippen LogP contribution in [0.25, 0.3) is 0 Å². The maximum atomic E-state index is 10.3. The zero-order valence-corrected chi connectivity index (χ0v) is 18.1. The Morgan fingerprint density at radius 3 is 2.14 bits per heavy atom. The number of nitrogens with zero attached hydrogens (tertiary/aromatic N) is 6. The van der Waals surface area contributed by atoms with Gasteiger partial charge in [0.25, 0.3) is 0 Å². The van der Waals surface area contributed by atoms with Gasteiger partial charge in [-0.15, -0.1) is 0 Å². The average molecular weight is 401 g/mol. The largest absolute Gasteiger partial charge is 0.393 e. The number of hydrogen-bond acceptors (Lipinski definition) is 9. The van der Waals surface area contributed by atoms with Gasteiger partial charge in [0.1, 0.15) is 13.0 Å². The number of hydrazine groups is 1. The number of aliphatic hydroxyl groups is 2. The minimum Gasteiger partial charge on any atom is -0.393 e. The van der Waals surface area contributed by atoms with Gasteiger partial charge in [0.15, 0.2) is 0 Å². The fraction of sp³-hybridized carbons (Fsp3) is 0.944. The smallest absolute Gasteiger partial charge is 0.127 e. The third kappa shape index (κ3) is 8.15. The van der Waals surface area contributed by atoms with E-state index in [0.29, 0.717) is 38.8 Å². The number of nitrogens with two attached hydrogens (primary N) is 2. The minimum absolute atomic E-state index is 0.152. The molecule has 1 rings (SSSR count). The first-order valence-corrected chi connectivity index (χ1v) is 10.0. The Kier molecular flexibility index (Phi) is 9.38. The normalized spacial score (nSPS) is 17.6. The highest BCUT2D eigenvalue weighted by atomic mass is 16.3. The molecule has 0 spiro atoms. The molecule has 0 amide bonds. The van der Waals surface area contributed by atoms with Gasteiger partial charge in [-0.1, -0.05) is 10.4 Å². The third-order valence-electron chi connectivity index (χ3n) is 5.48. The molecule has 1 aliphatic rings. The van der Waals surface area contributed by atoms with Gasteiger partial charge < -0.3 is 16.1 Å². The summed E-state index contributed by atoms with van der Waals surface area (Å²) in [5.74, 6) is 11.0. The van der Waals surface area contributed by atoms with Crippen LogP contribution in [0.2, 0.25) is 0 Å². The number of hydrogen-bond donors (Lipinski definition) is 4. The summed E-state index contributed by atoms with van der Waals surface area (Å²) in [5.41, 5.74) is -0.489. The van der Waals surface area contributed by atoms with Crippen molar-refractivity contribution >= 4 is 6.34 Å². The summed E-state index contributed by atoms with van der Waals surface area (Å²) >= 11 is 0. The van der Waals surface area contributed by atoms with Gasteiger partial charge in [-0.3, -0.25) is 15.0 Å². The first-order valence-electron chi connectivity index (χ1n) is 10.0. The molecule has 0 fully saturated rings. The van der Waals surface area contributed by atoms with Crippen molar-refractivity contribution in [2.75, 3.05) is 13.7 Å². The molecule has 10 heteroatoms. The predicted molar refractivity (Wildman–Crippen MR) is 111 cm³/mol. The molecule has 0 radical (unpaired) electrons. The quantitative estimate of drug-likeness (QED) is 0.159. The highest BCUT2D eigenvalue weighted by molar-refractivity contribution is 5.54. The first-order chi connectivity index (χ1) is 13.0. The monoisotopic (exact) mass is 400 g/mol. The van der Waals surface area contributed by atoms with Crippen LogP contribution in [0.4, 0.5) is 0 Å². The lowest BCUT2D eigenvalue weighted by Gasteiger charge is -2.34. The van der Waals surface area contributed by atoms with Crippen molar-refractivity contribution < 1.29 is 10.2 Å². The van der Waals surface area contributed by atoms with Crippen LogP contribution in [-0.4, -0.2) is 68.6 Å². The average Bonchev–Trinajstić information content (AvgIpc) is 3.06. The molecular weight excluding hydrogens is 360 g/mol. The van der Waals surface area contributed by atoms with Gasteiger partial charge in [-0.05, 0) is 72.6 Å². The standard InChI is InChI=1S/C18H40N8O2/c1-17(2,25(20)13-21-19)11-9-15(27)7-6-8-16(28)10-12-18(3,4)26-14-24(5)22-23-26/h13,15-16,27-28H,6-12,14,19-20H2,1-5H3/b21-13-. The van der Waals surface area contributed by atoms with Gasteiger partial charge in [0.2, 0.25) is 0 Å². The highest BCUT2D eigenvalue weighted by Gasteiger charge is 2.30. The molecule has 2 unspecified atom stereocenters. The Morgan fingerprint density at radius 1 is 1.07 bits per heavy atom. The van der Waals surface area contributed by atoms with Crippen LogP contribution < -0.4 is 11.7 Å². The van der Waals surface area contributed by atoms with E-state index in [9.17, 15) is 10.2 Å². The van der Waals surface area contributed by atoms with E-state index in [1.54, 1.807) is 5.01 Å². The number of aliphatic hydroxyl groups excluding tert-OH is 2. The zero-order valence-electron chi connectivity index (χ0n) is 18.1. The molecule has 0 aliphatic carbocycles. The lowest BCUT2D eigenvalue weighted by molar-refractivity contribution is 0.0702. The van der Waals surface area contributed by atoms with Gasteiger partial charge in [0, 0.05) is 7.05 Å². The molecule has 0 saturated heterocycles. The molecule has 10 nitrogen and oxygen atoms in total. The van der Waals surface area contributed by atoms with Crippen LogP contribution in [-0.2, 0) is 0 Å². The van der Waals surface area contributed by atoms with E-state index in [-0.39, 0.29) is 17.2 Å². The third-order valence-corrected chi connectivity index (χ3v) is 5.48. The van der Waals surface area contributed by atoms with E-state index < -0.39 is 6.10 Å². The Hall–Kier alpha value is -1.65. The highest BCUT2D eigenvalue weighted by Crippen LogP contribution is 2.26. The fourth-order valence-electron chi connectivity index (χ4n) is 3.08. The lowest BCUT2D eigenvalue weighted by atomic mass is 9.92. The summed E-state index contributed by atoms with van der Waals surface area (Å²) in [6.07, 6.45) is 5.60. The van der Waals surface area contributed by atoms with Crippen molar-refractivity contribution in [3.05, 3.63) is 0 Å². The van der Waals surface area contributed by atoms with Gasteiger partial charge in [-0.25, -0.2) is 5.84 Å². The maximum absolute atomic E-state index is 10.3. The topological polar surface area (TPSA) is 139 Å². The van der Waals surface area contributed by atoms with Crippen molar-refractivity contribution in [2.24, 2.45) is 27.2 Å². The van der Waals surface area contributed by atoms with E-state index in [2.05, 4.69) is 29.4 Å². The van der Waals surface area contributed by atoms with Crippen molar-refractivity contribution in [3.8, 4) is 0 Å². The Labute approximate surface area is 169 Å². The molecule has 0 aromatic rings. The minimum atomic E-state index is -0.410. The van der Waals surface area contributed by atoms with Gasteiger partial charge in [-0.2, -0.15) is 5.10 Å². The van der Waals surface area contributed by atoms with Crippen molar-refractivity contribution in [1.82, 2.24) is 15.0 Å². The van der Waals surface area contributed by atoms with Crippen LogP contribution in [0.5, 0.6) is 0 Å². The summed E-state index contributed by atoms with van der Waals surface area (Å²) in [4.78, 5) is 0. The van der Waals surface area contributed by atoms with Crippen molar-refractivity contribution in [3.63, 3.8) is 0 Å². The number of rotatable bonds is 13. The van der Waals surface area contributed by atoms with Crippen LogP contribution in [0, 0.1) is 0 Å². The number of hydrazone groups is 1. The Balaban J connectivity index is 2.23. The molecule has 1 heterocycles. The molecule has 164 valence electrons. The van der Waals surface area contributed by atoms with E-state index in [4.69, 9.17) is 11.7 Å². The SMILES string of the molecule is CN1CN(C(C)(C)CCC(O)CCCC(O)CCC(C)(C)N(N)/C=N\N)N=N1. The second kappa shape index (κ2) is 10.8.